The van der Waals surface area contributed by atoms with Gasteiger partial charge in [-0.25, -0.2) is 19.2 Å². The van der Waals surface area contributed by atoms with E-state index in [1.807, 2.05) is 87.1 Å². The molecule has 0 saturated carbocycles. The van der Waals surface area contributed by atoms with Crippen LogP contribution in [0.5, 0.6) is 0 Å². The zero-order chi connectivity index (χ0) is 43.7. The van der Waals surface area contributed by atoms with E-state index in [2.05, 4.69) is 41.9 Å². The molecule has 4 atom stereocenters. The molecular formula is C42H62Br2N4O9. The third-order valence-corrected chi connectivity index (χ3v) is 10.3. The lowest BCUT2D eigenvalue weighted by Crippen LogP contribution is -2.54. The standard InChI is InChI=1S/C21H31BrN2O4.C12H21NO3.C9H10BrNO2/c1-12-8-16(9-13(2)24(12)20(26)28-21(4,5)6)23-18-11-15(22)10-17(14(18)3)19(25)27-7;1-8-6-10(14)7-9(2)13(8)11(15)16-12(3,4)5;1-5-7(9(12)13-2)3-6(10)4-8(5)11/h10-13,16,23H,8-9H2,1-7H3;8-9H,6-7H2,1-5H3;3-4H,11H2,1-2H3/t12-,13-;8-,9-;/m11./s1. The van der Waals surface area contributed by atoms with Crippen molar-refractivity contribution in [1.29, 1.82) is 0 Å². The van der Waals surface area contributed by atoms with E-state index < -0.39 is 11.2 Å². The molecule has 15 heteroatoms. The van der Waals surface area contributed by atoms with Gasteiger partial charge in [-0.1, -0.05) is 31.9 Å². The number of ether oxygens (including phenoxy) is 4. The summed E-state index contributed by atoms with van der Waals surface area (Å²) in [5.41, 5.74) is 8.78. The molecule has 2 fully saturated rings. The molecule has 2 amide bonds. The maximum absolute atomic E-state index is 12.6. The number of nitrogens with two attached hydrogens (primary N) is 1. The summed E-state index contributed by atoms with van der Waals surface area (Å²) >= 11 is 6.73. The highest BCUT2D eigenvalue weighted by Crippen LogP contribution is 2.32. The van der Waals surface area contributed by atoms with Crippen LogP contribution in [0.4, 0.5) is 21.0 Å². The molecule has 0 radical (unpaired) electrons. The smallest absolute Gasteiger partial charge is 0.410 e. The molecule has 2 aliphatic heterocycles. The Balaban J connectivity index is 0.000000326. The number of hydrogen-bond acceptors (Lipinski definition) is 11. The van der Waals surface area contributed by atoms with Crippen LogP contribution in [0.15, 0.2) is 33.2 Å². The molecule has 57 heavy (non-hydrogen) atoms. The van der Waals surface area contributed by atoms with E-state index in [0.29, 0.717) is 29.7 Å². The largest absolute Gasteiger partial charge is 0.465 e. The molecule has 0 spiro atoms. The number of rotatable bonds is 4. The average Bonchev–Trinajstić information content (AvgIpc) is 3.05. The zero-order valence-electron chi connectivity index (χ0n) is 35.9. The number of nitrogens with zero attached hydrogens (tertiary/aromatic N) is 2. The Morgan fingerprint density at radius 3 is 1.47 bits per heavy atom. The molecule has 0 aromatic heterocycles. The van der Waals surface area contributed by atoms with Crippen LogP contribution in [0.25, 0.3) is 0 Å². The van der Waals surface area contributed by atoms with Crippen molar-refractivity contribution in [3.8, 4) is 0 Å². The number of methoxy groups -OCH3 is 2. The number of carbonyl (C=O) groups excluding carboxylic acids is 5. The van der Waals surface area contributed by atoms with Crippen molar-refractivity contribution in [1.82, 2.24) is 9.80 Å². The second-order valence-electron chi connectivity index (χ2n) is 16.7. The number of carbonyl (C=O) groups is 5. The SMILES string of the molecule is COC(=O)c1cc(Br)cc(N)c1C.COC(=O)c1cc(Br)cc(NC2C[C@@H](C)N(C(=O)OC(C)(C)C)[C@H](C)C2)c1C.C[C@@H]1CC(=O)C[C@@H](C)N1C(=O)OC(C)(C)C. The van der Waals surface area contributed by atoms with Crippen LogP contribution >= 0.6 is 31.9 Å². The first-order valence-corrected chi connectivity index (χ1v) is 20.6. The van der Waals surface area contributed by atoms with Gasteiger partial charge in [-0.05, 0) is 131 Å². The summed E-state index contributed by atoms with van der Waals surface area (Å²) in [6.07, 6.45) is 1.87. The highest BCUT2D eigenvalue weighted by atomic mass is 79.9. The molecule has 318 valence electrons. The van der Waals surface area contributed by atoms with Gasteiger partial charge in [-0.2, -0.15) is 0 Å². The number of hydrogen-bond donors (Lipinski definition) is 2. The number of nitrogen functional groups attached to an aromatic ring is 1. The molecule has 2 heterocycles. The van der Waals surface area contributed by atoms with Crippen molar-refractivity contribution in [3.05, 3.63) is 55.5 Å². The van der Waals surface area contributed by atoms with Crippen LogP contribution in [0.2, 0.25) is 0 Å². The number of anilines is 2. The third-order valence-electron chi connectivity index (χ3n) is 9.36. The first-order chi connectivity index (χ1) is 26.2. The molecule has 2 saturated heterocycles. The van der Waals surface area contributed by atoms with Gasteiger partial charge in [0.15, 0.2) is 0 Å². The zero-order valence-corrected chi connectivity index (χ0v) is 39.1. The van der Waals surface area contributed by atoms with Gasteiger partial charge in [0.25, 0.3) is 0 Å². The van der Waals surface area contributed by atoms with E-state index in [1.165, 1.54) is 14.2 Å². The topological polar surface area (TPSA) is 167 Å². The fourth-order valence-electron chi connectivity index (χ4n) is 6.81. The van der Waals surface area contributed by atoms with E-state index in [4.69, 9.17) is 19.9 Å². The summed E-state index contributed by atoms with van der Waals surface area (Å²) < 4.78 is 22.0. The summed E-state index contributed by atoms with van der Waals surface area (Å²) in [5.74, 6) is -0.506. The second-order valence-corrected chi connectivity index (χ2v) is 18.5. The summed E-state index contributed by atoms with van der Waals surface area (Å²) in [6.45, 7) is 22.7. The number of halogens is 2. The number of ketones is 1. The maximum atomic E-state index is 12.6. The molecule has 2 aliphatic rings. The predicted octanol–water partition coefficient (Wildman–Crippen LogP) is 9.62. The normalized spacial score (nSPS) is 20.8. The quantitative estimate of drug-likeness (QED) is 0.170. The Kier molecular flexibility index (Phi) is 17.9. The van der Waals surface area contributed by atoms with Gasteiger partial charge in [0.05, 0.1) is 25.3 Å². The van der Waals surface area contributed by atoms with Gasteiger partial charge >= 0.3 is 24.1 Å². The Morgan fingerprint density at radius 1 is 0.684 bits per heavy atom. The number of likely N-dealkylation sites (tertiary alicyclic amines) is 2. The Hall–Kier alpha value is -3.85. The average molecular weight is 927 g/mol. The number of piperidine rings is 2. The Bertz CT molecular complexity index is 1750. The summed E-state index contributed by atoms with van der Waals surface area (Å²) in [7, 11) is 2.73. The van der Waals surface area contributed by atoms with E-state index in [0.717, 1.165) is 38.6 Å². The first kappa shape index (κ1) is 49.3. The highest BCUT2D eigenvalue weighted by molar-refractivity contribution is 9.10. The van der Waals surface area contributed by atoms with E-state index in [9.17, 15) is 24.0 Å². The Labute approximate surface area is 355 Å². The van der Waals surface area contributed by atoms with Crippen LogP contribution in [-0.4, -0.2) is 95.3 Å². The van der Waals surface area contributed by atoms with Crippen LogP contribution < -0.4 is 11.1 Å². The van der Waals surface area contributed by atoms with Crippen molar-refractivity contribution in [2.24, 2.45) is 0 Å². The summed E-state index contributed by atoms with van der Waals surface area (Å²) in [4.78, 5) is 62.7. The van der Waals surface area contributed by atoms with Crippen LogP contribution in [0, 0.1) is 13.8 Å². The molecular weight excluding hydrogens is 864 g/mol. The highest BCUT2D eigenvalue weighted by Gasteiger charge is 2.37. The molecule has 13 nitrogen and oxygen atoms in total. The molecule has 2 aromatic rings. The van der Waals surface area contributed by atoms with Gasteiger partial charge in [-0.3, -0.25) is 4.79 Å². The first-order valence-electron chi connectivity index (χ1n) is 19.0. The molecule has 4 rings (SSSR count). The number of Topliss-reactive ketones (excluding diaryl/α,β-unsaturated/α-hetero) is 1. The molecule has 0 aliphatic carbocycles. The van der Waals surface area contributed by atoms with Crippen molar-refractivity contribution >= 4 is 73.1 Å². The minimum absolute atomic E-state index is 0.0450. The van der Waals surface area contributed by atoms with Gasteiger partial charge in [-0.15, -0.1) is 0 Å². The van der Waals surface area contributed by atoms with Crippen LogP contribution in [0.1, 0.15) is 127 Å². The number of benzene rings is 2. The second kappa shape index (κ2) is 20.7. The predicted molar refractivity (Wildman–Crippen MR) is 230 cm³/mol. The maximum Gasteiger partial charge on any atom is 0.410 e. The lowest BCUT2D eigenvalue weighted by molar-refractivity contribution is -0.124. The van der Waals surface area contributed by atoms with Gasteiger partial charge < -0.3 is 39.8 Å². The Morgan fingerprint density at radius 2 is 1.07 bits per heavy atom. The molecule has 3 N–H and O–H groups in total. The number of amides is 2. The molecule has 0 unspecified atom stereocenters. The van der Waals surface area contributed by atoms with Gasteiger partial charge in [0.2, 0.25) is 0 Å². The van der Waals surface area contributed by atoms with Crippen LogP contribution in [0.3, 0.4) is 0 Å². The lowest BCUT2D eigenvalue weighted by atomic mass is 9.92. The van der Waals surface area contributed by atoms with Crippen molar-refractivity contribution in [3.63, 3.8) is 0 Å². The van der Waals surface area contributed by atoms with E-state index in [-0.39, 0.29) is 60.1 Å². The van der Waals surface area contributed by atoms with Crippen LogP contribution in [-0.2, 0) is 23.7 Å². The number of esters is 2. The fraction of sp³-hybridized carbons (Fsp3) is 0.595. The summed E-state index contributed by atoms with van der Waals surface area (Å²) in [5, 5.41) is 3.56. The lowest BCUT2D eigenvalue weighted by Gasteiger charge is -2.43. The number of nitrogens with one attached hydrogen (secondary N) is 1. The van der Waals surface area contributed by atoms with Gasteiger partial charge in [0, 0.05) is 63.4 Å². The molecule has 0 bridgehead atoms. The fourth-order valence-corrected chi connectivity index (χ4v) is 7.75. The summed E-state index contributed by atoms with van der Waals surface area (Å²) in [6, 6.07) is 7.32. The molecule has 2 aromatic carbocycles. The minimum Gasteiger partial charge on any atom is -0.465 e. The van der Waals surface area contributed by atoms with E-state index >= 15 is 0 Å². The monoisotopic (exact) mass is 924 g/mol. The van der Waals surface area contributed by atoms with Gasteiger partial charge in [0.1, 0.15) is 17.0 Å². The minimum atomic E-state index is -0.511. The van der Waals surface area contributed by atoms with Crippen molar-refractivity contribution in [2.45, 2.75) is 150 Å². The third kappa shape index (κ3) is 14.8. The van der Waals surface area contributed by atoms with E-state index in [1.54, 1.807) is 30.0 Å². The van der Waals surface area contributed by atoms with Crippen molar-refractivity contribution < 1.29 is 42.9 Å². The van der Waals surface area contributed by atoms with Crippen molar-refractivity contribution in [2.75, 3.05) is 25.3 Å².